The van der Waals surface area contributed by atoms with Gasteiger partial charge < -0.3 is 29.9 Å². The van der Waals surface area contributed by atoms with E-state index in [1.54, 1.807) is 42.5 Å². The highest BCUT2D eigenvalue weighted by Crippen LogP contribution is 2.33. The van der Waals surface area contributed by atoms with Crippen molar-refractivity contribution < 1.29 is 39.0 Å². The van der Waals surface area contributed by atoms with Crippen LogP contribution in [0.2, 0.25) is 15.1 Å². The van der Waals surface area contributed by atoms with Crippen LogP contribution >= 0.6 is 34.8 Å². The van der Waals surface area contributed by atoms with Crippen molar-refractivity contribution in [3.8, 4) is 39.3 Å². The molecule has 272 valence electrons. The monoisotopic (exact) mass is 774 g/mol. The highest BCUT2D eigenvalue weighted by atomic mass is 35.5. The summed E-state index contributed by atoms with van der Waals surface area (Å²) in [7, 11) is 0. The summed E-state index contributed by atoms with van der Waals surface area (Å²) in [4.78, 5) is 31.7. The van der Waals surface area contributed by atoms with Crippen LogP contribution in [-0.4, -0.2) is 51.5 Å². The van der Waals surface area contributed by atoms with Gasteiger partial charge in [-0.1, -0.05) is 107 Å². The number of hydrogen-bond donors (Lipinski definition) is 4. The van der Waals surface area contributed by atoms with Crippen LogP contribution in [0.3, 0.4) is 0 Å². The van der Waals surface area contributed by atoms with Crippen LogP contribution in [0.25, 0.3) is 33.6 Å². The number of aryl methyl sites for hydroxylation is 1. The minimum atomic E-state index is -1.05. The lowest BCUT2D eigenvalue weighted by Gasteiger charge is -2.11. The smallest absolute Gasteiger partial charge is 0.341 e. The first-order chi connectivity index (χ1) is 25.5. The molecular formula is C40H33Cl3N2O8. The number of nitrogens with one attached hydrogen (secondary N) is 1. The Bertz CT molecular complexity index is 2010. The van der Waals surface area contributed by atoms with Crippen LogP contribution in [0.5, 0.6) is 5.75 Å². The highest BCUT2D eigenvalue weighted by molar-refractivity contribution is 6.31. The maximum atomic E-state index is 10.7. The van der Waals surface area contributed by atoms with E-state index in [-0.39, 0.29) is 13.0 Å². The summed E-state index contributed by atoms with van der Waals surface area (Å²) in [6.07, 6.45) is 2.12. The molecule has 0 unspecified atom stereocenters. The molecule has 0 amide bonds. The lowest BCUT2D eigenvalue weighted by Crippen LogP contribution is -2.12. The Hall–Kier alpha value is -5.81. The largest absolute Gasteiger partial charge is 0.481 e. The number of carboxylic acid groups (broad SMARTS) is 3. The first kappa shape index (κ1) is 40.0. The number of ether oxygens (including phenoxy) is 1. The molecule has 0 spiro atoms. The predicted molar refractivity (Wildman–Crippen MR) is 206 cm³/mol. The molecule has 0 atom stereocenters. The third-order valence-corrected chi connectivity index (χ3v) is 7.96. The van der Waals surface area contributed by atoms with E-state index in [0.29, 0.717) is 38.6 Å². The Morgan fingerprint density at radius 2 is 1.21 bits per heavy atom. The average molecular weight is 776 g/mol. The Labute approximate surface area is 320 Å². The molecule has 0 radical (unpaired) electrons. The summed E-state index contributed by atoms with van der Waals surface area (Å²) in [6.45, 7) is -0.551. The van der Waals surface area contributed by atoms with Crippen molar-refractivity contribution in [3.63, 3.8) is 0 Å². The molecule has 6 aromatic rings. The van der Waals surface area contributed by atoms with Gasteiger partial charge >= 0.3 is 17.9 Å². The van der Waals surface area contributed by atoms with Crippen molar-refractivity contribution in [3.05, 3.63) is 148 Å². The molecule has 5 aromatic carbocycles. The molecule has 0 bridgehead atoms. The molecule has 10 nitrogen and oxygen atoms in total. The zero-order chi connectivity index (χ0) is 38.2. The van der Waals surface area contributed by atoms with Gasteiger partial charge in [-0.3, -0.25) is 9.59 Å². The predicted octanol–water partition coefficient (Wildman–Crippen LogP) is 9.99. The zero-order valence-corrected chi connectivity index (χ0v) is 30.2. The third kappa shape index (κ3) is 13.0. The third-order valence-electron chi connectivity index (χ3n) is 7.26. The number of aliphatic carboxylic acids is 3. The lowest BCUT2D eigenvalue weighted by atomic mass is 9.97. The zero-order valence-electron chi connectivity index (χ0n) is 27.9. The van der Waals surface area contributed by atoms with Gasteiger partial charge in [0.2, 0.25) is 0 Å². The minimum Gasteiger partial charge on any atom is -0.481 e. The Morgan fingerprint density at radius 3 is 1.77 bits per heavy atom. The molecule has 53 heavy (non-hydrogen) atoms. The molecule has 1 aromatic heterocycles. The van der Waals surface area contributed by atoms with E-state index in [2.05, 4.69) is 10.5 Å². The number of halogens is 3. The maximum Gasteiger partial charge on any atom is 0.341 e. The molecule has 0 aliphatic rings. The van der Waals surface area contributed by atoms with Crippen LogP contribution in [0.1, 0.15) is 12.0 Å². The van der Waals surface area contributed by atoms with Crippen LogP contribution in [0.15, 0.2) is 132 Å². The number of hydrogen-bond acceptors (Lipinski definition) is 7. The number of benzene rings is 5. The SMILES string of the molecule is O=C(O)CCc1ccc(Cl)cc1-c1ccccc1.O=C(O)CNc1ccc(Cl)cc1-c1ccccc1.O=C(O)COc1ccc(Cl)cc1-c1ccno1. The van der Waals surface area contributed by atoms with Crippen molar-refractivity contribution in [1.29, 1.82) is 0 Å². The molecule has 1 heterocycles. The molecule has 6 rings (SSSR count). The summed E-state index contributed by atoms with van der Waals surface area (Å²) in [5, 5.41) is 34.3. The van der Waals surface area contributed by atoms with E-state index < -0.39 is 24.5 Å². The second-order valence-corrected chi connectivity index (χ2v) is 12.4. The number of carboxylic acids is 3. The van der Waals surface area contributed by atoms with E-state index in [4.69, 9.17) is 59.4 Å². The summed E-state index contributed by atoms with van der Waals surface area (Å²) < 4.78 is 10.1. The van der Waals surface area contributed by atoms with Crippen LogP contribution in [-0.2, 0) is 20.8 Å². The van der Waals surface area contributed by atoms with Crippen LogP contribution < -0.4 is 10.1 Å². The Balaban J connectivity index is 0.000000178. The second kappa shape index (κ2) is 20.3. The van der Waals surface area contributed by atoms with Gasteiger partial charge in [0.05, 0.1) is 11.8 Å². The van der Waals surface area contributed by atoms with E-state index >= 15 is 0 Å². The van der Waals surface area contributed by atoms with Gasteiger partial charge in [0.25, 0.3) is 0 Å². The first-order valence-corrected chi connectivity index (χ1v) is 17.0. The molecule has 0 fully saturated rings. The van der Waals surface area contributed by atoms with Crippen molar-refractivity contribution in [2.45, 2.75) is 12.8 Å². The van der Waals surface area contributed by atoms with E-state index in [1.807, 2.05) is 78.9 Å². The summed E-state index contributed by atoms with van der Waals surface area (Å²) in [5.74, 6) is -1.89. The van der Waals surface area contributed by atoms with Gasteiger partial charge in [-0.15, -0.1) is 0 Å². The van der Waals surface area contributed by atoms with Crippen molar-refractivity contribution in [2.24, 2.45) is 0 Å². The minimum absolute atomic E-state index is 0.124. The van der Waals surface area contributed by atoms with Gasteiger partial charge in [0.15, 0.2) is 12.4 Å². The van der Waals surface area contributed by atoms with Gasteiger partial charge in [-0.2, -0.15) is 0 Å². The quantitative estimate of drug-likeness (QED) is 0.0942. The van der Waals surface area contributed by atoms with Crippen molar-refractivity contribution >= 4 is 58.4 Å². The molecule has 4 N–H and O–H groups in total. The molecular weight excluding hydrogens is 743 g/mol. The number of nitrogens with zero attached hydrogens (tertiary/aromatic N) is 1. The second-order valence-electron chi connectivity index (χ2n) is 11.1. The first-order valence-electron chi connectivity index (χ1n) is 15.9. The van der Waals surface area contributed by atoms with Gasteiger partial charge in [0.1, 0.15) is 12.3 Å². The van der Waals surface area contributed by atoms with Crippen LogP contribution in [0.4, 0.5) is 5.69 Å². The van der Waals surface area contributed by atoms with Crippen molar-refractivity contribution in [1.82, 2.24) is 5.16 Å². The average Bonchev–Trinajstić information content (AvgIpc) is 3.70. The summed E-state index contributed by atoms with van der Waals surface area (Å²) in [6, 6.07) is 36.9. The summed E-state index contributed by atoms with van der Waals surface area (Å²) in [5.41, 5.74) is 6.28. The van der Waals surface area contributed by atoms with Gasteiger partial charge in [-0.05, 0) is 77.2 Å². The number of anilines is 1. The van der Waals surface area contributed by atoms with Gasteiger partial charge in [0, 0.05) is 38.8 Å². The Kier molecular flexibility index (Phi) is 15.3. The molecule has 0 aliphatic heterocycles. The number of rotatable bonds is 12. The summed E-state index contributed by atoms with van der Waals surface area (Å²) >= 11 is 17.9. The highest BCUT2D eigenvalue weighted by Gasteiger charge is 2.12. The molecule has 0 saturated carbocycles. The topological polar surface area (TPSA) is 159 Å². The maximum absolute atomic E-state index is 10.7. The van der Waals surface area contributed by atoms with Crippen molar-refractivity contribution in [2.75, 3.05) is 18.5 Å². The fourth-order valence-corrected chi connectivity index (χ4v) is 5.42. The Morgan fingerprint density at radius 1 is 0.642 bits per heavy atom. The van der Waals surface area contributed by atoms with E-state index in [1.165, 1.54) is 6.20 Å². The standard InChI is InChI=1S/C15H13ClO2.C14H12ClNO2.C11H8ClNO4/c16-13-8-6-12(7-9-15(17)18)14(10-13)11-4-2-1-3-5-11;15-11-6-7-13(16-9-14(17)18)12(8-11)10-4-2-1-3-5-10;12-7-1-2-9(16-6-11(14)15)8(5-7)10-3-4-13-17-10/h1-6,8,10H,7,9H2,(H,17,18);1-8,16H,9H2,(H,17,18);1-5H,6H2,(H,14,15). The van der Waals surface area contributed by atoms with Crippen LogP contribution in [0, 0.1) is 0 Å². The molecule has 0 saturated heterocycles. The molecule has 0 aliphatic carbocycles. The van der Waals surface area contributed by atoms with E-state index in [9.17, 15) is 14.4 Å². The number of aromatic nitrogens is 1. The number of carbonyl (C=O) groups is 3. The van der Waals surface area contributed by atoms with Gasteiger partial charge in [-0.25, -0.2) is 4.79 Å². The fourth-order valence-electron chi connectivity index (χ4n) is 4.91. The van der Waals surface area contributed by atoms with E-state index in [0.717, 1.165) is 33.5 Å². The fraction of sp³-hybridized carbons (Fsp3) is 0.100. The normalized spacial score (nSPS) is 10.2. The molecule has 13 heteroatoms. The lowest BCUT2D eigenvalue weighted by molar-refractivity contribution is -0.139.